The molecule has 1 aliphatic rings. The predicted octanol–water partition coefficient (Wildman–Crippen LogP) is 2.43. The Hall–Kier alpha value is -1.95. The van der Waals surface area contributed by atoms with Gasteiger partial charge in [0.15, 0.2) is 11.6 Å². The zero-order valence-corrected chi connectivity index (χ0v) is 9.47. The highest BCUT2D eigenvalue weighted by Crippen LogP contribution is 2.32. The maximum Gasteiger partial charge on any atom is 0.261 e. The molecule has 1 N–H and O–H groups in total. The van der Waals surface area contributed by atoms with Crippen LogP contribution in [0.3, 0.4) is 0 Å². The van der Waals surface area contributed by atoms with Gasteiger partial charge in [-0.15, -0.1) is 0 Å². The fourth-order valence-electron chi connectivity index (χ4n) is 1.94. The third-order valence-corrected chi connectivity index (χ3v) is 2.88. The van der Waals surface area contributed by atoms with Gasteiger partial charge in [-0.1, -0.05) is 11.2 Å². The minimum absolute atomic E-state index is 0.0949. The van der Waals surface area contributed by atoms with E-state index in [-0.39, 0.29) is 17.6 Å². The monoisotopic (exact) mass is 250 g/mol. The molecule has 0 spiro atoms. The number of ether oxygens (including phenoxy) is 1. The van der Waals surface area contributed by atoms with Crippen molar-refractivity contribution in [2.24, 2.45) is 0 Å². The zero-order valence-electron chi connectivity index (χ0n) is 9.47. The largest absolute Gasteiger partial charge is 0.504 e. The first-order valence-electron chi connectivity index (χ1n) is 5.69. The SMILES string of the molecule is Oc1c(F)cccc1-c1nc(C2CCCO2)no1. The topological polar surface area (TPSA) is 68.4 Å². The molecule has 0 amide bonds. The summed E-state index contributed by atoms with van der Waals surface area (Å²) in [6, 6.07) is 4.15. The second kappa shape index (κ2) is 4.38. The lowest BCUT2D eigenvalue weighted by molar-refractivity contribution is 0.103. The molecule has 1 aromatic heterocycles. The molecule has 0 aliphatic carbocycles. The van der Waals surface area contributed by atoms with E-state index in [1.165, 1.54) is 12.1 Å². The van der Waals surface area contributed by atoms with Crippen LogP contribution in [0.5, 0.6) is 5.75 Å². The maximum atomic E-state index is 13.2. The number of phenols is 1. The molecule has 1 aromatic carbocycles. The van der Waals surface area contributed by atoms with E-state index < -0.39 is 11.6 Å². The van der Waals surface area contributed by atoms with Crippen molar-refractivity contribution in [1.82, 2.24) is 10.1 Å². The van der Waals surface area contributed by atoms with Gasteiger partial charge < -0.3 is 14.4 Å². The van der Waals surface area contributed by atoms with E-state index in [1.54, 1.807) is 0 Å². The quantitative estimate of drug-likeness (QED) is 0.886. The van der Waals surface area contributed by atoms with Crippen molar-refractivity contribution in [2.75, 3.05) is 6.61 Å². The average Bonchev–Trinajstić information content (AvgIpc) is 3.01. The molecule has 0 saturated carbocycles. The summed E-state index contributed by atoms with van der Waals surface area (Å²) in [5.41, 5.74) is 0.187. The number of aromatic hydroxyl groups is 1. The van der Waals surface area contributed by atoms with Crippen LogP contribution in [0.25, 0.3) is 11.5 Å². The first-order valence-corrected chi connectivity index (χ1v) is 5.69. The van der Waals surface area contributed by atoms with E-state index >= 15 is 0 Å². The molecule has 1 atom stereocenters. The van der Waals surface area contributed by atoms with Crippen LogP contribution in [0.2, 0.25) is 0 Å². The lowest BCUT2D eigenvalue weighted by Gasteiger charge is -2.01. The summed E-state index contributed by atoms with van der Waals surface area (Å²) < 4.78 is 23.7. The minimum atomic E-state index is -0.718. The number of phenolic OH excluding ortho intramolecular Hbond substituents is 1. The van der Waals surface area contributed by atoms with Crippen molar-refractivity contribution in [3.63, 3.8) is 0 Å². The molecule has 6 heteroatoms. The Morgan fingerprint density at radius 3 is 3.06 bits per heavy atom. The highest BCUT2D eigenvalue weighted by Gasteiger charge is 2.24. The Morgan fingerprint density at radius 1 is 1.39 bits per heavy atom. The molecule has 5 nitrogen and oxygen atoms in total. The smallest absolute Gasteiger partial charge is 0.261 e. The number of halogens is 1. The summed E-state index contributed by atoms with van der Waals surface area (Å²) in [5.74, 6) is -0.673. The van der Waals surface area contributed by atoms with Gasteiger partial charge in [0.1, 0.15) is 6.10 Å². The van der Waals surface area contributed by atoms with Gasteiger partial charge in [-0.05, 0) is 25.0 Å². The number of benzene rings is 1. The molecule has 1 saturated heterocycles. The second-order valence-electron chi connectivity index (χ2n) is 4.10. The predicted molar refractivity (Wildman–Crippen MR) is 59.3 cm³/mol. The third-order valence-electron chi connectivity index (χ3n) is 2.88. The van der Waals surface area contributed by atoms with E-state index in [0.29, 0.717) is 12.4 Å². The number of hydrogen-bond donors (Lipinski definition) is 1. The highest BCUT2D eigenvalue weighted by atomic mass is 19.1. The van der Waals surface area contributed by atoms with E-state index in [0.717, 1.165) is 18.9 Å². The summed E-state index contributed by atoms with van der Waals surface area (Å²) in [6.45, 7) is 0.680. The number of para-hydroxylation sites is 1. The Labute approximate surface area is 102 Å². The van der Waals surface area contributed by atoms with E-state index in [1.807, 2.05) is 0 Å². The van der Waals surface area contributed by atoms with Gasteiger partial charge >= 0.3 is 0 Å². The van der Waals surface area contributed by atoms with Gasteiger partial charge in [0.2, 0.25) is 5.82 Å². The summed E-state index contributed by atoms with van der Waals surface area (Å²) in [5, 5.41) is 13.4. The van der Waals surface area contributed by atoms with E-state index in [2.05, 4.69) is 10.1 Å². The van der Waals surface area contributed by atoms with Crippen LogP contribution in [0.15, 0.2) is 22.7 Å². The molecule has 18 heavy (non-hydrogen) atoms. The molecule has 3 rings (SSSR count). The second-order valence-corrected chi connectivity index (χ2v) is 4.10. The first kappa shape index (κ1) is 11.2. The highest BCUT2D eigenvalue weighted by molar-refractivity contribution is 5.62. The molecule has 2 heterocycles. The molecular formula is C12H11FN2O3. The van der Waals surface area contributed by atoms with Crippen molar-refractivity contribution >= 4 is 0 Å². The van der Waals surface area contributed by atoms with Gasteiger partial charge in [-0.3, -0.25) is 0 Å². The molecule has 94 valence electrons. The summed E-state index contributed by atoms with van der Waals surface area (Å²) >= 11 is 0. The van der Waals surface area contributed by atoms with Crippen LogP contribution in [-0.2, 0) is 4.74 Å². The van der Waals surface area contributed by atoms with Crippen molar-refractivity contribution in [3.05, 3.63) is 29.8 Å². The lowest BCUT2D eigenvalue weighted by Crippen LogP contribution is -1.97. The Bertz CT molecular complexity index is 564. The Morgan fingerprint density at radius 2 is 2.28 bits per heavy atom. The van der Waals surface area contributed by atoms with E-state index in [9.17, 15) is 9.50 Å². The van der Waals surface area contributed by atoms with Crippen molar-refractivity contribution in [1.29, 1.82) is 0 Å². The van der Waals surface area contributed by atoms with Crippen molar-refractivity contribution < 1.29 is 18.8 Å². The zero-order chi connectivity index (χ0) is 12.5. The molecule has 1 fully saturated rings. The standard InChI is InChI=1S/C12H11FN2O3/c13-8-4-1-3-7(10(8)16)12-14-11(15-18-12)9-5-2-6-17-9/h1,3-4,9,16H,2,5-6H2. The fourth-order valence-corrected chi connectivity index (χ4v) is 1.94. The van der Waals surface area contributed by atoms with Gasteiger partial charge in [-0.25, -0.2) is 4.39 Å². The van der Waals surface area contributed by atoms with Crippen LogP contribution in [0.4, 0.5) is 4.39 Å². The molecule has 2 aromatic rings. The Balaban J connectivity index is 1.95. The maximum absolute atomic E-state index is 13.2. The van der Waals surface area contributed by atoms with Crippen molar-refractivity contribution in [2.45, 2.75) is 18.9 Å². The molecular weight excluding hydrogens is 239 g/mol. The van der Waals surface area contributed by atoms with Crippen LogP contribution < -0.4 is 0 Å². The van der Waals surface area contributed by atoms with Gasteiger partial charge in [0.25, 0.3) is 5.89 Å². The first-order chi connectivity index (χ1) is 8.75. The number of rotatable bonds is 2. The average molecular weight is 250 g/mol. The van der Waals surface area contributed by atoms with Crippen LogP contribution in [-0.4, -0.2) is 21.9 Å². The molecule has 1 aliphatic heterocycles. The fraction of sp³-hybridized carbons (Fsp3) is 0.333. The third kappa shape index (κ3) is 1.84. The molecule has 0 radical (unpaired) electrons. The minimum Gasteiger partial charge on any atom is -0.504 e. The Kier molecular flexibility index (Phi) is 2.71. The normalized spacial score (nSPS) is 19.3. The summed E-state index contributed by atoms with van der Waals surface area (Å²) in [6.07, 6.45) is 1.63. The van der Waals surface area contributed by atoms with Crippen LogP contribution in [0.1, 0.15) is 24.8 Å². The van der Waals surface area contributed by atoms with Crippen LogP contribution in [0, 0.1) is 5.82 Å². The van der Waals surface area contributed by atoms with Crippen molar-refractivity contribution in [3.8, 4) is 17.2 Å². The van der Waals surface area contributed by atoms with Gasteiger partial charge in [0, 0.05) is 6.61 Å². The van der Waals surface area contributed by atoms with Crippen LogP contribution >= 0.6 is 0 Å². The van der Waals surface area contributed by atoms with Gasteiger partial charge in [-0.2, -0.15) is 4.98 Å². The van der Waals surface area contributed by atoms with E-state index in [4.69, 9.17) is 9.26 Å². The summed E-state index contributed by atoms with van der Waals surface area (Å²) in [4.78, 5) is 4.14. The number of aromatic nitrogens is 2. The van der Waals surface area contributed by atoms with Gasteiger partial charge in [0.05, 0.1) is 5.56 Å². The molecule has 1 unspecified atom stereocenters. The molecule has 0 bridgehead atoms. The summed E-state index contributed by atoms with van der Waals surface area (Å²) in [7, 11) is 0. The number of nitrogens with zero attached hydrogens (tertiary/aromatic N) is 2. The lowest BCUT2D eigenvalue weighted by atomic mass is 10.2. The number of hydrogen-bond acceptors (Lipinski definition) is 5.